The van der Waals surface area contributed by atoms with Crippen LogP contribution in [0.4, 0.5) is 0 Å². The number of fused-ring (bicyclic) bond motifs is 1. The molecular formula is C15H13NOS2. The lowest BCUT2D eigenvalue weighted by Gasteiger charge is -2.06. The third-order valence-corrected chi connectivity index (χ3v) is 3.93. The van der Waals surface area contributed by atoms with Gasteiger partial charge < -0.3 is 4.55 Å². The minimum absolute atomic E-state index is 0.592. The van der Waals surface area contributed by atoms with Crippen molar-refractivity contribution in [2.45, 2.75) is 11.3 Å². The van der Waals surface area contributed by atoms with Gasteiger partial charge in [-0.1, -0.05) is 24.3 Å². The van der Waals surface area contributed by atoms with E-state index in [9.17, 15) is 4.55 Å². The molecule has 1 unspecified atom stereocenters. The molecule has 0 saturated carbocycles. The molecule has 19 heavy (non-hydrogen) atoms. The van der Waals surface area contributed by atoms with E-state index in [1.165, 1.54) is 0 Å². The standard InChI is InChI=1S/C15H13NOS2/c17-19(10-4-3-9-16-12-18)15-8-7-13-5-1-2-6-14(13)11-15/h1-2,4-8,10-11H,3,9H2. The highest BCUT2D eigenvalue weighted by atomic mass is 32.2. The fourth-order valence-electron chi connectivity index (χ4n) is 1.71. The molecule has 1 atom stereocenters. The molecule has 2 nitrogen and oxygen atoms in total. The van der Waals surface area contributed by atoms with Gasteiger partial charge in [0.05, 0.1) is 11.7 Å². The summed E-state index contributed by atoms with van der Waals surface area (Å²) < 4.78 is 12.1. The zero-order valence-corrected chi connectivity index (χ0v) is 11.9. The summed E-state index contributed by atoms with van der Waals surface area (Å²) in [7, 11) is 0. The van der Waals surface area contributed by atoms with Crippen molar-refractivity contribution in [2.75, 3.05) is 6.54 Å². The van der Waals surface area contributed by atoms with Crippen molar-refractivity contribution in [1.82, 2.24) is 0 Å². The number of thiocarbonyl (C=S) groups is 1. The lowest BCUT2D eigenvalue weighted by molar-refractivity contribution is 0.603. The molecule has 0 radical (unpaired) electrons. The molecule has 0 aliphatic carbocycles. The molecule has 0 aromatic heterocycles. The highest BCUT2D eigenvalue weighted by Gasteiger charge is 2.07. The first-order valence-electron chi connectivity index (χ1n) is 5.91. The van der Waals surface area contributed by atoms with Crippen LogP contribution in [0.5, 0.6) is 0 Å². The Hall–Kier alpha value is -1.45. The van der Waals surface area contributed by atoms with E-state index in [4.69, 9.17) is 0 Å². The van der Waals surface area contributed by atoms with Crippen molar-refractivity contribution in [2.24, 2.45) is 4.99 Å². The molecule has 0 heterocycles. The average molecular weight is 287 g/mol. The lowest BCUT2D eigenvalue weighted by atomic mass is 10.1. The summed E-state index contributed by atoms with van der Waals surface area (Å²) in [6.45, 7) is 0.592. The zero-order chi connectivity index (χ0) is 13.5. The Labute approximate surface area is 121 Å². The van der Waals surface area contributed by atoms with Crippen LogP contribution in [0.25, 0.3) is 10.8 Å². The second-order valence-electron chi connectivity index (χ2n) is 3.94. The Balaban J connectivity index is 2.08. The molecule has 0 fully saturated rings. The van der Waals surface area contributed by atoms with Gasteiger partial charge in [-0.25, -0.2) is 4.99 Å². The van der Waals surface area contributed by atoms with Gasteiger partial charge in [-0.2, -0.15) is 0 Å². The SMILES string of the molecule is [O-][S+](C=CCCN=C=S)c1ccc2ccccc2c1. The fraction of sp³-hybridized carbons (Fsp3) is 0.133. The third-order valence-electron chi connectivity index (χ3n) is 2.65. The lowest BCUT2D eigenvalue weighted by Crippen LogP contribution is -1.96. The number of isothiocyanates is 1. The number of aliphatic imine (C=N–C) groups is 1. The minimum atomic E-state index is -1.11. The van der Waals surface area contributed by atoms with Gasteiger partial charge in [-0.3, -0.25) is 0 Å². The minimum Gasteiger partial charge on any atom is -0.607 e. The molecule has 0 aliphatic rings. The zero-order valence-electron chi connectivity index (χ0n) is 10.3. The van der Waals surface area contributed by atoms with Gasteiger partial charge in [0.2, 0.25) is 0 Å². The van der Waals surface area contributed by atoms with E-state index in [1.807, 2.05) is 48.5 Å². The Bertz CT molecular complexity index is 633. The van der Waals surface area contributed by atoms with Crippen molar-refractivity contribution in [3.05, 3.63) is 53.9 Å². The van der Waals surface area contributed by atoms with E-state index in [0.717, 1.165) is 22.1 Å². The molecule has 4 heteroatoms. The van der Waals surface area contributed by atoms with Gasteiger partial charge in [0.1, 0.15) is 5.41 Å². The van der Waals surface area contributed by atoms with Gasteiger partial charge in [-0.05, 0) is 47.6 Å². The van der Waals surface area contributed by atoms with Crippen LogP contribution in [0.1, 0.15) is 6.42 Å². The van der Waals surface area contributed by atoms with E-state index in [0.29, 0.717) is 6.54 Å². The summed E-state index contributed by atoms with van der Waals surface area (Å²) in [5.74, 6) is 0. The van der Waals surface area contributed by atoms with Gasteiger partial charge >= 0.3 is 0 Å². The third kappa shape index (κ3) is 4.01. The highest BCUT2D eigenvalue weighted by Crippen LogP contribution is 2.20. The second-order valence-corrected chi connectivity index (χ2v) is 5.46. The van der Waals surface area contributed by atoms with Crippen molar-refractivity contribution in [3.8, 4) is 0 Å². The van der Waals surface area contributed by atoms with Crippen molar-refractivity contribution >= 4 is 39.3 Å². The molecule has 0 N–H and O–H groups in total. The summed E-state index contributed by atoms with van der Waals surface area (Å²) in [6.07, 6.45) is 2.59. The smallest absolute Gasteiger partial charge is 0.158 e. The van der Waals surface area contributed by atoms with E-state index in [1.54, 1.807) is 5.41 Å². The van der Waals surface area contributed by atoms with Crippen LogP contribution in [0.2, 0.25) is 0 Å². The van der Waals surface area contributed by atoms with Crippen LogP contribution in [0.15, 0.2) is 63.8 Å². The first-order chi connectivity index (χ1) is 9.31. The largest absolute Gasteiger partial charge is 0.607 e. The molecule has 2 rings (SSSR count). The van der Waals surface area contributed by atoms with Crippen LogP contribution >= 0.6 is 12.2 Å². The summed E-state index contributed by atoms with van der Waals surface area (Å²) in [6, 6.07) is 13.9. The topological polar surface area (TPSA) is 35.4 Å². The number of nitrogens with zero attached hydrogens (tertiary/aromatic N) is 1. The maximum Gasteiger partial charge on any atom is 0.158 e. The van der Waals surface area contributed by atoms with Gasteiger partial charge in [0.25, 0.3) is 0 Å². The number of rotatable bonds is 5. The average Bonchev–Trinajstić information content (AvgIpc) is 2.46. The van der Waals surface area contributed by atoms with Gasteiger partial charge in [-0.15, -0.1) is 0 Å². The summed E-state index contributed by atoms with van der Waals surface area (Å²) in [5, 5.41) is 6.26. The number of hydrogen-bond donors (Lipinski definition) is 0. The van der Waals surface area contributed by atoms with E-state index in [2.05, 4.69) is 22.4 Å². The molecule has 2 aromatic rings. The number of benzene rings is 2. The number of hydrogen-bond acceptors (Lipinski definition) is 3. The summed E-state index contributed by atoms with van der Waals surface area (Å²) >= 11 is 3.36. The van der Waals surface area contributed by atoms with E-state index >= 15 is 0 Å². The first-order valence-corrected chi connectivity index (χ1v) is 7.53. The maximum atomic E-state index is 12.1. The van der Waals surface area contributed by atoms with Crippen molar-refractivity contribution in [1.29, 1.82) is 0 Å². The molecule has 0 amide bonds. The summed E-state index contributed by atoms with van der Waals surface area (Å²) in [5.41, 5.74) is 0. The van der Waals surface area contributed by atoms with E-state index < -0.39 is 11.2 Å². The van der Waals surface area contributed by atoms with Gasteiger partial charge in [0.15, 0.2) is 4.90 Å². The molecule has 96 valence electrons. The van der Waals surface area contributed by atoms with Crippen LogP contribution in [-0.4, -0.2) is 16.3 Å². The predicted molar refractivity (Wildman–Crippen MR) is 84.0 cm³/mol. The monoisotopic (exact) mass is 287 g/mol. The molecule has 0 aliphatic heterocycles. The predicted octanol–water partition coefficient (Wildman–Crippen LogP) is 3.95. The van der Waals surface area contributed by atoms with E-state index in [-0.39, 0.29) is 0 Å². The Kier molecular flexibility index (Phi) is 5.31. The normalized spacial score (nSPS) is 12.5. The molecule has 2 aromatic carbocycles. The molecular weight excluding hydrogens is 274 g/mol. The Morgan fingerprint density at radius 2 is 2.00 bits per heavy atom. The van der Waals surface area contributed by atoms with Gasteiger partial charge in [0, 0.05) is 17.2 Å². The first kappa shape index (κ1) is 14.0. The van der Waals surface area contributed by atoms with Crippen LogP contribution in [-0.2, 0) is 11.2 Å². The Morgan fingerprint density at radius 3 is 2.79 bits per heavy atom. The highest BCUT2D eigenvalue weighted by molar-refractivity contribution is 7.94. The molecule has 0 spiro atoms. The molecule has 0 saturated heterocycles. The second kappa shape index (κ2) is 7.22. The van der Waals surface area contributed by atoms with Crippen LogP contribution in [0.3, 0.4) is 0 Å². The molecule has 0 bridgehead atoms. The van der Waals surface area contributed by atoms with Crippen molar-refractivity contribution < 1.29 is 4.55 Å². The quantitative estimate of drug-likeness (QED) is 0.361. The summed E-state index contributed by atoms with van der Waals surface area (Å²) in [4.78, 5) is 4.61. The Morgan fingerprint density at radius 1 is 1.21 bits per heavy atom. The maximum absolute atomic E-state index is 12.1. The van der Waals surface area contributed by atoms with Crippen molar-refractivity contribution in [3.63, 3.8) is 0 Å². The van der Waals surface area contributed by atoms with Crippen LogP contribution in [0, 0.1) is 0 Å². The van der Waals surface area contributed by atoms with Crippen LogP contribution < -0.4 is 0 Å². The fourth-order valence-corrected chi connectivity index (χ4v) is 2.72.